The summed E-state index contributed by atoms with van der Waals surface area (Å²) < 4.78 is 1.53. The van der Waals surface area contributed by atoms with Crippen LogP contribution in [0.4, 0.5) is 23.1 Å². The standard InChI is InChI=1S/C23H23N9O2/c1-32-22(29-30-31-32)17-12-24-23(25-16-8-9-18-15(11-16)7-10-20(34)26-18)28-21(17)27-19(13-33)14-5-3-2-4-6-14/h2-6,8-9,11-12,19,33H,7,10,13H2,1H3,(H,26,34)(H2,24,25,27,28)/t19-/m1/s1. The lowest BCUT2D eigenvalue weighted by Gasteiger charge is -2.20. The molecule has 172 valence electrons. The second-order valence-corrected chi connectivity index (χ2v) is 7.92. The molecular formula is C23H23N9O2. The van der Waals surface area contributed by atoms with Crippen LogP contribution < -0.4 is 16.0 Å². The molecule has 1 aliphatic heterocycles. The zero-order valence-corrected chi connectivity index (χ0v) is 18.4. The number of aryl methyl sites for hydroxylation is 2. The number of aliphatic hydroxyl groups is 1. The van der Waals surface area contributed by atoms with Gasteiger partial charge in [0.05, 0.1) is 18.2 Å². The first-order valence-corrected chi connectivity index (χ1v) is 10.8. The van der Waals surface area contributed by atoms with Crippen LogP contribution in [-0.2, 0) is 18.3 Å². The summed E-state index contributed by atoms with van der Waals surface area (Å²) in [6, 6.07) is 14.9. The molecule has 5 rings (SSSR count). The van der Waals surface area contributed by atoms with E-state index in [-0.39, 0.29) is 12.5 Å². The molecule has 1 amide bonds. The maximum absolute atomic E-state index is 11.6. The van der Waals surface area contributed by atoms with Crippen LogP contribution in [0, 0.1) is 0 Å². The monoisotopic (exact) mass is 457 g/mol. The van der Waals surface area contributed by atoms with Crippen LogP contribution in [-0.4, -0.2) is 47.8 Å². The Kier molecular flexibility index (Phi) is 5.83. The first-order chi connectivity index (χ1) is 16.6. The van der Waals surface area contributed by atoms with Crippen molar-refractivity contribution in [1.82, 2.24) is 30.2 Å². The van der Waals surface area contributed by atoms with E-state index in [1.54, 1.807) is 13.2 Å². The highest BCUT2D eigenvalue weighted by Crippen LogP contribution is 2.30. The molecule has 0 saturated heterocycles. The van der Waals surface area contributed by atoms with E-state index in [1.165, 1.54) is 4.68 Å². The molecule has 34 heavy (non-hydrogen) atoms. The number of benzene rings is 2. The van der Waals surface area contributed by atoms with Crippen molar-refractivity contribution in [2.75, 3.05) is 22.6 Å². The predicted octanol–water partition coefficient (Wildman–Crippen LogP) is 2.44. The van der Waals surface area contributed by atoms with Crippen molar-refractivity contribution in [1.29, 1.82) is 0 Å². The van der Waals surface area contributed by atoms with E-state index in [1.807, 2.05) is 48.5 Å². The number of aromatic nitrogens is 6. The maximum atomic E-state index is 11.6. The molecule has 0 saturated carbocycles. The van der Waals surface area contributed by atoms with Crippen molar-refractivity contribution in [3.05, 3.63) is 65.9 Å². The van der Waals surface area contributed by atoms with Gasteiger partial charge in [0.1, 0.15) is 5.82 Å². The predicted molar refractivity (Wildman–Crippen MR) is 126 cm³/mol. The zero-order chi connectivity index (χ0) is 23.5. The summed E-state index contributed by atoms with van der Waals surface area (Å²) in [6.07, 6.45) is 2.78. The number of nitrogens with one attached hydrogen (secondary N) is 3. The number of tetrazole rings is 1. The average Bonchev–Trinajstić information content (AvgIpc) is 3.29. The van der Waals surface area contributed by atoms with Crippen LogP contribution in [0.3, 0.4) is 0 Å². The molecule has 1 aliphatic rings. The summed E-state index contributed by atoms with van der Waals surface area (Å²) in [5.74, 6) is 1.36. The molecule has 0 radical (unpaired) electrons. The van der Waals surface area contributed by atoms with E-state index >= 15 is 0 Å². The van der Waals surface area contributed by atoms with Gasteiger partial charge in [0.15, 0.2) is 5.82 Å². The normalized spacial score (nSPS) is 13.6. The third-order valence-electron chi connectivity index (χ3n) is 5.60. The van der Waals surface area contributed by atoms with Gasteiger partial charge in [-0.3, -0.25) is 4.79 Å². The summed E-state index contributed by atoms with van der Waals surface area (Å²) in [6.45, 7) is -0.135. The summed E-state index contributed by atoms with van der Waals surface area (Å²) >= 11 is 0. The van der Waals surface area contributed by atoms with Gasteiger partial charge in [-0.25, -0.2) is 9.67 Å². The maximum Gasteiger partial charge on any atom is 0.229 e. The van der Waals surface area contributed by atoms with Gasteiger partial charge in [-0.2, -0.15) is 4.98 Å². The Labute approximate surface area is 195 Å². The van der Waals surface area contributed by atoms with Crippen LogP contribution in [0.25, 0.3) is 11.4 Å². The Morgan fingerprint density at radius 3 is 2.79 bits per heavy atom. The SMILES string of the molecule is Cn1nnnc1-c1cnc(Nc2ccc3c(c2)CCC(=O)N3)nc1N[C@H](CO)c1ccccc1. The molecular weight excluding hydrogens is 434 g/mol. The number of amides is 1. The van der Waals surface area contributed by atoms with Gasteiger partial charge in [0, 0.05) is 31.0 Å². The van der Waals surface area contributed by atoms with Crippen LogP contribution >= 0.6 is 0 Å². The van der Waals surface area contributed by atoms with E-state index in [0.29, 0.717) is 36.0 Å². The number of nitrogens with zero attached hydrogens (tertiary/aromatic N) is 6. The van der Waals surface area contributed by atoms with Gasteiger partial charge in [-0.05, 0) is 46.2 Å². The van der Waals surface area contributed by atoms with E-state index in [4.69, 9.17) is 0 Å². The number of anilines is 4. The minimum Gasteiger partial charge on any atom is -0.394 e. The zero-order valence-electron chi connectivity index (χ0n) is 18.4. The number of hydrogen-bond donors (Lipinski definition) is 4. The molecule has 4 N–H and O–H groups in total. The Morgan fingerprint density at radius 1 is 1.18 bits per heavy atom. The third kappa shape index (κ3) is 4.41. The van der Waals surface area contributed by atoms with Gasteiger partial charge < -0.3 is 21.1 Å². The summed E-state index contributed by atoms with van der Waals surface area (Å²) in [5.41, 5.74) is 4.19. The molecule has 0 fully saturated rings. The average molecular weight is 457 g/mol. The van der Waals surface area contributed by atoms with Crippen molar-refractivity contribution in [3.8, 4) is 11.4 Å². The minimum absolute atomic E-state index is 0.0259. The molecule has 0 aliphatic carbocycles. The van der Waals surface area contributed by atoms with Crippen molar-refractivity contribution in [2.45, 2.75) is 18.9 Å². The number of aliphatic hydroxyl groups excluding tert-OH is 1. The highest BCUT2D eigenvalue weighted by Gasteiger charge is 2.20. The third-order valence-corrected chi connectivity index (χ3v) is 5.60. The molecule has 3 heterocycles. The second-order valence-electron chi connectivity index (χ2n) is 7.92. The number of carbonyl (C=O) groups is 1. The fourth-order valence-electron chi connectivity index (χ4n) is 3.85. The highest BCUT2D eigenvalue weighted by molar-refractivity contribution is 5.94. The fourth-order valence-corrected chi connectivity index (χ4v) is 3.85. The van der Waals surface area contributed by atoms with Crippen molar-refractivity contribution in [3.63, 3.8) is 0 Å². The Hall–Kier alpha value is -4.38. The number of rotatable bonds is 7. The Bertz CT molecular complexity index is 1320. The first-order valence-electron chi connectivity index (χ1n) is 10.8. The Morgan fingerprint density at radius 2 is 2.03 bits per heavy atom. The van der Waals surface area contributed by atoms with Gasteiger partial charge in [0.2, 0.25) is 11.9 Å². The lowest BCUT2D eigenvalue weighted by Crippen LogP contribution is -2.19. The highest BCUT2D eigenvalue weighted by atomic mass is 16.3. The van der Waals surface area contributed by atoms with Crippen LogP contribution in [0.1, 0.15) is 23.6 Å². The first kappa shape index (κ1) is 21.5. The van der Waals surface area contributed by atoms with Crippen LogP contribution in [0.5, 0.6) is 0 Å². The minimum atomic E-state index is -0.392. The Balaban J connectivity index is 1.47. The van der Waals surface area contributed by atoms with Crippen LogP contribution in [0.15, 0.2) is 54.7 Å². The molecule has 4 aromatic rings. The summed E-state index contributed by atoms with van der Waals surface area (Å²) in [4.78, 5) is 20.8. The summed E-state index contributed by atoms with van der Waals surface area (Å²) in [5, 5.41) is 31.2. The fraction of sp³-hybridized carbons (Fsp3) is 0.217. The van der Waals surface area contributed by atoms with Crippen molar-refractivity contribution >= 4 is 29.0 Å². The molecule has 2 aromatic heterocycles. The van der Waals surface area contributed by atoms with Gasteiger partial charge in [-0.1, -0.05) is 30.3 Å². The van der Waals surface area contributed by atoms with E-state index in [2.05, 4.69) is 41.4 Å². The summed E-state index contributed by atoms with van der Waals surface area (Å²) in [7, 11) is 1.73. The number of fused-ring (bicyclic) bond motifs is 1. The molecule has 2 aromatic carbocycles. The van der Waals surface area contributed by atoms with E-state index in [9.17, 15) is 9.90 Å². The van der Waals surface area contributed by atoms with Crippen molar-refractivity contribution < 1.29 is 9.90 Å². The second kappa shape index (κ2) is 9.24. The van der Waals surface area contributed by atoms with Gasteiger partial charge in [-0.15, -0.1) is 5.10 Å². The molecule has 0 spiro atoms. The van der Waals surface area contributed by atoms with E-state index in [0.717, 1.165) is 22.5 Å². The molecule has 0 bridgehead atoms. The molecule has 11 heteroatoms. The van der Waals surface area contributed by atoms with E-state index < -0.39 is 6.04 Å². The quantitative estimate of drug-likeness (QED) is 0.329. The number of carbonyl (C=O) groups excluding carboxylic acids is 1. The molecule has 1 atom stereocenters. The van der Waals surface area contributed by atoms with Crippen molar-refractivity contribution in [2.24, 2.45) is 7.05 Å². The smallest absolute Gasteiger partial charge is 0.229 e. The van der Waals surface area contributed by atoms with Gasteiger partial charge in [0.25, 0.3) is 0 Å². The van der Waals surface area contributed by atoms with Gasteiger partial charge >= 0.3 is 0 Å². The van der Waals surface area contributed by atoms with Crippen LogP contribution in [0.2, 0.25) is 0 Å². The topological polar surface area (TPSA) is 143 Å². The lowest BCUT2D eigenvalue weighted by molar-refractivity contribution is -0.116. The lowest BCUT2D eigenvalue weighted by atomic mass is 10.0. The largest absolute Gasteiger partial charge is 0.394 e. The molecule has 0 unspecified atom stereocenters. The number of hydrogen-bond acceptors (Lipinski definition) is 9. The molecule has 11 nitrogen and oxygen atoms in total.